The Bertz CT molecular complexity index is 421. The number of nitrogen functional groups attached to an aromatic ring is 1. The van der Waals surface area contributed by atoms with Gasteiger partial charge < -0.3 is 10.5 Å². The molecule has 3 nitrogen and oxygen atoms in total. The molecule has 1 aromatic carbocycles. The third-order valence-electron chi connectivity index (χ3n) is 3.20. The lowest BCUT2D eigenvalue weighted by Gasteiger charge is -2.11. The number of benzene rings is 1. The fourth-order valence-corrected chi connectivity index (χ4v) is 2.80. The molecule has 0 bridgehead atoms. The largest absolute Gasteiger partial charge is 0.493 e. The Morgan fingerprint density at radius 3 is 2.55 bits per heavy atom. The Kier molecular flexibility index (Phi) is 8.35. The molecule has 1 atom stereocenters. The molecule has 0 spiro atoms. The second kappa shape index (κ2) is 9.81. The van der Waals surface area contributed by atoms with Crippen molar-refractivity contribution in [2.75, 3.05) is 18.6 Å². The summed E-state index contributed by atoms with van der Waals surface area (Å²) in [5.41, 5.74) is 7.41. The first-order chi connectivity index (χ1) is 9.63. The quantitative estimate of drug-likeness (QED) is 0.526. The Hall–Kier alpha value is -1.03. The minimum absolute atomic E-state index is 0.497. The van der Waals surface area contributed by atoms with Gasteiger partial charge in [0.15, 0.2) is 0 Å². The van der Waals surface area contributed by atoms with E-state index >= 15 is 0 Å². The van der Waals surface area contributed by atoms with Gasteiger partial charge in [-0.3, -0.25) is 4.21 Å². The van der Waals surface area contributed by atoms with Crippen LogP contribution in [-0.4, -0.2) is 17.1 Å². The zero-order valence-corrected chi connectivity index (χ0v) is 13.5. The molecule has 0 amide bonds. The number of hydrogen-bond acceptors (Lipinski definition) is 3. The molecule has 0 saturated carbocycles. The zero-order chi connectivity index (χ0) is 14.8. The van der Waals surface area contributed by atoms with Crippen LogP contribution < -0.4 is 10.5 Å². The van der Waals surface area contributed by atoms with Crippen molar-refractivity contribution in [2.24, 2.45) is 0 Å². The van der Waals surface area contributed by atoms with Crippen molar-refractivity contribution in [3.63, 3.8) is 0 Å². The molecule has 0 radical (unpaired) electrons. The van der Waals surface area contributed by atoms with E-state index in [1.165, 1.54) is 32.1 Å². The van der Waals surface area contributed by atoms with E-state index in [4.69, 9.17) is 10.5 Å². The minimum atomic E-state index is -0.883. The molecule has 1 rings (SSSR count). The van der Waals surface area contributed by atoms with Crippen LogP contribution in [0.4, 0.5) is 5.69 Å². The Labute approximate surface area is 125 Å². The maximum atomic E-state index is 11.4. The van der Waals surface area contributed by atoms with Crippen LogP contribution in [0.25, 0.3) is 0 Å². The monoisotopic (exact) mass is 297 g/mol. The first-order valence-corrected chi connectivity index (χ1v) is 9.17. The second-order valence-corrected chi connectivity index (χ2v) is 6.64. The number of unbranched alkanes of at least 4 members (excludes halogenated alkanes) is 5. The number of nitrogens with two attached hydrogens (primary N) is 1. The van der Waals surface area contributed by atoms with Crippen molar-refractivity contribution in [2.45, 2.75) is 51.2 Å². The van der Waals surface area contributed by atoms with Crippen LogP contribution in [-0.2, 0) is 16.6 Å². The predicted octanol–water partition coefficient (Wildman–Crippen LogP) is 3.89. The van der Waals surface area contributed by atoms with E-state index in [2.05, 4.69) is 6.92 Å². The molecular formula is C16H27NO2S. The van der Waals surface area contributed by atoms with Crippen molar-refractivity contribution >= 4 is 16.5 Å². The molecule has 0 aliphatic heterocycles. The summed E-state index contributed by atoms with van der Waals surface area (Å²) >= 11 is 0. The highest BCUT2D eigenvalue weighted by atomic mass is 32.2. The SMILES string of the molecule is CCCCCCCCOc1ccc(N)cc1CS(C)=O. The molecule has 2 N–H and O–H groups in total. The Morgan fingerprint density at radius 2 is 1.85 bits per heavy atom. The van der Waals surface area contributed by atoms with Crippen molar-refractivity contribution in [3.05, 3.63) is 23.8 Å². The molecule has 4 heteroatoms. The number of rotatable bonds is 10. The van der Waals surface area contributed by atoms with Gasteiger partial charge in [-0.05, 0) is 24.6 Å². The van der Waals surface area contributed by atoms with Gasteiger partial charge in [-0.2, -0.15) is 0 Å². The maximum absolute atomic E-state index is 11.4. The molecule has 1 aromatic rings. The third kappa shape index (κ3) is 6.94. The first kappa shape index (κ1) is 17.0. The Morgan fingerprint density at radius 1 is 1.15 bits per heavy atom. The van der Waals surface area contributed by atoms with Gasteiger partial charge in [-0.1, -0.05) is 39.0 Å². The van der Waals surface area contributed by atoms with Gasteiger partial charge in [0.05, 0.1) is 12.4 Å². The van der Waals surface area contributed by atoms with E-state index < -0.39 is 10.8 Å². The van der Waals surface area contributed by atoms with Crippen LogP contribution >= 0.6 is 0 Å². The summed E-state index contributed by atoms with van der Waals surface area (Å²) in [6.07, 6.45) is 9.18. The fraction of sp³-hybridized carbons (Fsp3) is 0.625. The molecule has 0 aliphatic rings. The summed E-state index contributed by atoms with van der Waals surface area (Å²) in [5.74, 6) is 1.32. The number of ether oxygens (including phenoxy) is 1. The van der Waals surface area contributed by atoms with Gasteiger partial charge >= 0.3 is 0 Å². The summed E-state index contributed by atoms with van der Waals surface area (Å²) in [6, 6.07) is 5.57. The lowest BCUT2D eigenvalue weighted by Crippen LogP contribution is -2.03. The molecule has 0 aromatic heterocycles. The minimum Gasteiger partial charge on any atom is -0.493 e. The van der Waals surface area contributed by atoms with E-state index in [0.717, 1.165) is 24.3 Å². The molecule has 0 fully saturated rings. The third-order valence-corrected chi connectivity index (χ3v) is 3.92. The van der Waals surface area contributed by atoms with Crippen LogP contribution in [0.5, 0.6) is 5.75 Å². The first-order valence-electron chi connectivity index (χ1n) is 7.44. The van der Waals surface area contributed by atoms with Gasteiger partial charge in [-0.25, -0.2) is 0 Å². The van der Waals surface area contributed by atoms with Gasteiger partial charge in [0.1, 0.15) is 5.75 Å². The highest BCUT2D eigenvalue weighted by Crippen LogP contribution is 2.23. The van der Waals surface area contributed by atoms with E-state index in [0.29, 0.717) is 11.4 Å². The zero-order valence-electron chi connectivity index (χ0n) is 12.7. The van der Waals surface area contributed by atoms with Gasteiger partial charge in [-0.15, -0.1) is 0 Å². The van der Waals surface area contributed by atoms with Gasteiger partial charge in [0.2, 0.25) is 0 Å². The molecule has 0 heterocycles. The van der Waals surface area contributed by atoms with E-state index in [1.54, 1.807) is 6.26 Å². The lowest BCUT2D eigenvalue weighted by molar-refractivity contribution is 0.302. The van der Waals surface area contributed by atoms with Crippen LogP contribution in [0.2, 0.25) is 0 Å². The van der Waals surface area contributed by atoms with Gasteiger partial charge in [0.25, 0.3) is 0 Å². The van der Waals surface area contributed by atoms with Gasteiger partial charge in [0, 0.05) is 28.3 Å². The average molecular weight is 297 g/mol. The second-order valence-electron chi connectivity index (χ2n) is 5.20. The normalized spacial score (nSPS) is 12.3. The summed E-state index contributed by atoms with van der Waals surface area (Å²) in [4.78, 5) is 0. The summed E-state index contributed by atoms with van der Waals surface area (Å²) in [7, 11) is -0.883. The smallest absolute Gasteiger partial charge is 0.123 e. The van der Waals surface area contributed by atoms with E-state index in [1.807, 2.05) is 18.2 Å². The van der Waals surface area contributed by atoms with E-state index in [-0.39, 0.29) is 0 Å². The predicted molar refractivity (Wildman–Crippen MR) is 87.5 cm³/mol. The van der Waals surface area contributed by atoms with Crippen molar-refractivity contribution in [3.8, 4) is 5.75 Å². The number of anilines is 1. The van der Waals surface area contributed by atoms with E-state index in [9.17, 15) is 4.21 Å². The standard InChI is InChI=1S/C16H27NO2S/c1-3-4-5-6-7-8-11-19-16-10-9-15(17)12-14(16)13-20(2)18/h9-10,12H,3-8,11,13,17H2,1-2H3. The highest BCUT2D eigenvalue weighted by molar-refractivity contribution is 7.83. The molecule has 0 aliphatic carbocycles. The van der Waals surface area contributed by atoms with Crippen LogP contribution in [0, 0.1) is 0 Å². The fourth-order valence-electron chi connectivity index (χ4n) is 2.14. The summed E-state index contributed by atoms with van der Waals surface area (Å²) < 4.78 is 17.2. The van der Waals surface area contributed by atoms with Crippen LogP contribution in [0.3, 0.4) is 0 Å². The topological polar surface area (TPSA) is 52.3 Å². The summed E-state index contributed by atoms with van der Waals surface area (Å²) in [6.45, 7) is 2.95. The Balaban J connectivity index is 2.37. The average Bonchev–Trinajstić information content (AvgIpc) is 2.39. The van der Waals surface area contributed by atoms with Crippen molar-refractivity contribution < 1.29 is 8.95 Å². The van der Waals surface area contributed by atoms with Crippen LogP contribution in [0.1, 0.15) is 51.0 Å². The molecule has 0 saturated heterocycles. The molecule has 1 unspecified atom stereocenters. The highest BCUT2D eigenvalue weighted by Gasteiger charge is 2.06. The number of hydrogen-bond donors (Lipinski definition) is 1. The summed E-state index contributed by atoms with van der Waals surface area (Å²) in [5, 5.41) is 0. The van der Waals surface area contributed by atoms with Crippen molar-refractivity contribution in [1.82, 2.24) is 0 Å². The lowest BCUT2D eigenvalue weighted by atomic mass is 10.1. The van der Waals surface area contributed by atoms with Crippen molar-refractivity contribution in [1.29, 1.82) is 0 Å². The molecule has 114 valence electrons. The molecule has 20 heavy (non-hydrogen) atoms. The van der Waals surface area contributed by atoms with Crippen LogP contribution in [0.15, 0.2) is 18.2 Å². The maximum Gasteiger partial charge on any atom is 0.123 e. The molecular weight excluding hydrogens is 270 g/mol.